The fourth-order valence-electron chi connectivity index (χ4n) is 2.68. The number of rotatable bonds is 5. The number of benzene rings is 2. The summed E-state index contributed by atoms with van der Waals surface area (Å²) >= 11 is 0. The maximum absolute atomic E-state index is 12.7. The van der Waals surface area contributed by atoms with Gasteiger partial charge >= 0.3 is 5.97 Å². The van der Waals surface area contributed by atoms with Crippen LogP contribution in [-0.4, -0.2) is 45.4 Å². The van der Waals surface area contributed by atoms with Gasteiger partial charge in [-0.3, -0.25) is 4.79 Å². The summed E-state index contributed by atoms with van der Waals surface area (Å²) in [6, 6.07) is 14.1. The molecule has 3 rings (SSSR count). The zero-order valence-corrected chi connectivity index (χ0v) is 14.5. The number of ether oxygens (including phenoxy) is 4. The Morgan fingerprint density at radius 1 is 1.08 bits per heavy atom. The maximum atomic E-state index is 12.7. The van der Waals surface area contributed by atoms with E-state index >= 15 is 0 Å². The number of carbonyl (C=O) groups is 2. The highest BCUT2D eigenvalue weighted by molar-refractivity contribution is 5.97. The smallest absolute Gasteiger partial charge is 0.348 e. The minimum Gasteiger partial charge on any atom is -0.493 e. The van der Waals surface area contributed by atoms with Crippen molar-refractivity contribution in [3.05, 3.63) is 48.5 Å². The summed E-state index contributed by atoms with van der Waals surface area (Å²) in [7, 11) is 2.81. The minimum absolute atomic E-state index is 0.0534. The van der Waals surface area contributed by atoms with Crippen LogP contribution in [0.2, 0.25) is 0 Å². The molecule has 0 fully saturated rings. The quantitative estimate of drug-likeness (QED) is 0.763. The lowest BCUT2D eigenvalue weighted by Gasteiger charge is -2.33. The maximum Gasteiger partial charge on any atom is 0.348 e. The van der Waals surface area contributed by atoms with Gasteiger partial charge < -0.3 is 23.8 Å². The molecule has 0 N–H and O–H groups in total. The van der Waals surface area contributed by atoms with Gasteiger partial charge in [0.2, 0.25) is 6.10 Å². The fraction of sp³-hybridized carbons (Fsp3) is 0.263. The van der Waals surface area contributed by atoms with Crippen molar-refractivity contribution in [2.45, 2.75) is 6.10 Å². The molecule has 2 aromatic carbocycles. The molecule has 0 aliphatic carbocycles. The molecule has 0 radical (unpaired) electrons. The molecule has 1 atom stereocenters. The lowest BCUT2D eigenvalue weighted by Crippen LogP contribution is -2.48. The first-order chi connectivity index (χ1) is 12.6. The molecule has 1 heterocycles. The zero-order chi connectivity index (χ0) is 18.5. The van der Waals surface area contributed by atoms with Gasteiger partial charge in [0, 0.05) is 0 Å². The van der Waals surface area contributed by atoms with Crippen LogP contribution in [0.15, 0.2) is 48.5 Å². The molecule has 0 spiro atoms. The Morgan fingerprint density at radius 3 is 2.50 bits per heavy atom. The highest BCUT2D eigenvalue weighted by Crippen LogP contribution is 2.33. The number of methoxy groups -OCH3 is 2. The molecule has 1 amide bonds. The molecular formula is C19H19NO6. The Balaban J connectivity index is 1.78. The number of nitrogens with zero attached hydrogens (tertiary/aromatic N) is 1. The van der Waals surface area contributed by atoms with Crippen LogP contribution < -0.4 is 19.1 Å². The van der Waals surface area contributed by atoms with Gasteiger partial charge in [0.25, 0.3) is 5.91 Å². The van der Waals surface area contributed by atoms with Gasteiger partial charge in [-0.05, 0) is 24.3 Å². The van der Waals surface area contributed by atoms with Crippen LogP contribution in [0.3, 0.4) is 0 Å². The average Bonchev–Trinajstić information content (AvgIpc) is 2.70. The molecule has 136 valence electrons. The van der Waals surface area contributed by atoms with E-state index in [-0.39, 0.29) is 19.1 Å². The van der Waals surface area contributed by atoms with E-state index in [2.05, 4.69) is 0 Å². The number of esters is 1. The molecule has 7 nitrogen and oxygen atoms in total. The molecule has 0 saturated carbocycles. The molecule has 0 aromatic heterocycles. The number of fused-ring (bicyclic) bond motifs is 1. The second kappa shape index (κ2) is 7.77. The molecule has 0 unspecified atom stereocenters. The topological polar surface area (TPSA) is 74.3 Å². The Hall–Kier alpha value is -3.22. The largest absolute Gasteiger partial charge is 0.493 e. The SMILES string of the molecule is COC(=O)[C@H]1CN(C(=O)COc2ccccc2OC)c2ccccc2O1. The molecule has 0 bridgehead atoms. The predicted molar refractivity (Wildman–Crippen MR) is 93.7 cm³/mol. The van der Waals surface area contributed by atoms with E-state index in [0.29, 0.717) is 22.9 Å². The number of amides is 1. The first-order valence-electron chi connectivity index (χ1n) is 8.03. The number of hydrogen-bond donors (Lipinski definition) is 0. The van der Waals surface area contributed by atoms with Crippen LogP contribution in [0.1, 0.15) is 0 Å². The van der Waals surface area contributed by atoms with Gasteiger partial charge in [-0.1, -0.05) is 24.3 Å². The van der Waals surface area contributed by atoms with Crippen molar-refractivity contribution in [3.63, 3.8) is 0 Å². The zero-order valence-electron chi connectivity index (χ0n) is 14.5. The summed E-state index contributed by atoms with van der Waals surface area (Å²) in [5.41, 5.74) is 0.585. The summed E-state index contributed by atoms with van der Waals surface area (Å²) in [6.45, 7) is -0.152. The lowest BCUT2D eigenvalue weighted by molar-refractivity contribution is -0.148. The molecule has 1 aliphatic heterocycles. The Morgan fingerprint density at radius 2 is 1.77 bits per heavy atom. The third-order valence-corrected chi connectivity index (χ3v) is 3.96. The van der Waals surface area contributed by atoms with E-state index in [1.54, 1.807) is 42.5 Å². The highest BCUT2D eigenvalue weighted by Gasteiger charge is 2.34. The summed E-state index contributed by atoms with van der Waals surface area (Å²) in [5, 5.41) is 0. The average molecular weight is 357 g/mol. The van der Waals surface area contributed by atoms with Crippen LogP contribution in [0, 0.1) is 0 Å². The fourth-order valence-corrected chi connectivity index (χ4v) is 2.68. The molecule has 0 saturated heterocycles. The van der Waals surface area contributed by atoms with Gasteiger partial charge in [-0.15, -0.1) is 0 Å². The molecule has 2 aromatic rings. The molecule has 7 heteroatoms. The highest BCUT2D eigenvalue weighted by atomic mass is 16.6. The third kappa shape index (κ3) is 3.56. The van der Waals surface area contributed by atoms with Crippen molar-refractivity contribution in [3.8, 4) is 17.2 Å². The normalized spacial score (nSPS) is 15.5. The second-order valence-corrected chi connectivity index (χ2v) is 5.54. The van der Waals surface area contributed by atoms with Crippen LogP contribution in [0.4, 0.5) is 5.69 Å². The van der Waals surface area contributed by atoms with Crippen LogP contribution in [0.25, 0.3) is 0 Å². The van der Waals surface area contributed by atoms with Crippen molar-refractivity contribution in [1.82, 2.24) is 0 Å². The second-order valence-electron chi connectivity index (χ2n) is 5.54. The van der Waals surface area contributed by atoms with Crippen LogP contribution in [0.5, 0.6) is 17.2 Å². The summed E-state index contributed by atoms with van der Waals surface area (Å²) < 4.78 is 21.2. The summed E-state index contributed by atoms with van der Waals surface area (Å²) in [6.07, 6.45) is -0.884. The van der Waals surface area contributed by atoms with Gasteiger partial charge in [0.1, 0.15) is 5.75 Å². The Bertz CT molecular complexity index is 806. The Labute approximate surface area is 151 Å². The van der Waals surface area contributed by atoms with Gasteiger partial charge in [0.15, 0.2) is 18.1 Å². The molecule has 26 heavy (non-hydrogen) atoms. The van der Waals surface area contributed by atoms with Crippen molar-refractivity contribution in [2.24, 2.45) is 0 Å². The van der Waals surface area contributed by atoms with Crippen molar-refractivity contribution in [2.75, 3.05) is 32.3 Å². The first-order valence-corrected chi connectivity index (χ1v) is 8.03. The first kappa shape index (κ1) is 17.6. The molecule has 1 aliphatic rings. The standard InChI is InChI=1S/C19H19NO6/c1-23-15-9-5-6-10-16(15)25-12-18(21)20-11-17(19(22)24-2)26-14-8-4-3-7-13(14)20/h3-10,17H,11-12H2,1-2H3/t17-/m1/s1. The minimum atomic E-state index is -0.884. The van der Waals surface area contributed by atoms with Crippen LogP contribution in [-0.2, 0) is 14.3 Å². The van der Waals surface area contributed by atoms with E-state index in [9.17, 15) is 9.59 Å². The van der Waals surface area contributed by atoms with E-state index in [1.807, 2.05) is 6.07 Å². The number of hydrogen-bond acceptors (Lipinski definition) is 6. The van der Waals surface area contributed by atoms with Crippen molar-refractivity contribution >= 4 is 17.6 Å². The third-order valence-electron chi connectivity index (χ3n) is 3.96. The van der Waals surface area contributed by atoms with Crippen LogP contribution >= 0.6 is 0 Å². The lowest BCUT2D eigenvalue weighted by atomic mass is 10.2. The predicted octanol–water partition coefficient (Wildman–Crippen LogP) is 2.04. The monoisotopic (exact) mass is 357 g/mol. The van der Waals surface area contributed by atoms with E-state index in [1.165, 1.54) is 19.1 Å². The van der Waals surface area contributed by atoms with Gasteiger partial charge in [-0.25, -0.2) is 4.79 Å². The van der Waals surface area contributed by atoms with Gasteiger partial charge in [-0.2, -0.15) is 0 Å². The molecular weight excluding hydrogens is 338 g/mol. The number of carbonyl (C=O) groups excluding carboxylic acids is 2. The number of para-hydroxylation sites is 4. The van der Waals surface area contributed by atoms with Gasteiger partial charge in [0.05, 0.1) is 26.5 Å². The van der Waals surface area contributed by atoms with E-state index < -0.39 is 12.1 Å². The van der Waals surface area contributed by atoms with Crippen molar-refractivity contribution in [1.29, 1.82) is 0 Å². The van der Waals surface area contributed by atoms with E-state index in [4.69, 9.17) is 18.9 Å². The Kier molecular flexibility index (Phi) is 5.26. The van der Waals surface area contributed by atoms with Crippen molar-refractivity contribution < 1.29 is 28.5 Å². The number of anilines is 1. The van der Waals surface area contributed by atoms with E-state index in [0.717, 1.165) is 0 Å². The summed E-state index contributed by atoms with van der Waals surface area (Å²) in [5.74, 6) is 0.604. The summed E-state index contributed by atoms with van der Waals surface area (Å²) in [4.78, 5) is 26.1.